The van der Waals surface area contributed by atoms with Crippen LogP contribution in [-0.4, -0.2) is 25.3 Å². The molecule has 2 aromatic carbocycles. The summed E-state index contributed by atoms with van der Waals surface area (Å²) in [6, 6.07) is 18.3. The Balaban J connectivity index is 1.68. The van der Waals surface area contributed by atoms with E-state index in [1.165, 1.54) is 12.8 Å². The first-order valence-electron chi connectivity index (χ1n) is 8.65. The average Bonchev–Trinajstić information content (AvgIpc) is 3.10. The minimum absolute atomic E-state index is 0.0567. The fraction of sp³-hybridized carbons (Fsp3) is 0.400. The highest BCUT2D eigenvalue weighted by atomic mass is 35.5. The van der Waals surface area contributed by atoms with Gasteiger partial charge in [0.1, 0.15) is 6.10 Å². The molecule has 4 rings (SSSR count). The molecular formula is C20H22ClNO2. The number of hydrogen-bond acceptors (Lipinski definition) is 3. The third kappa shape index (κ3) is 2.98. The first kappa shape index (κ1) is 16.1. The molecule has 3 atom stereocenters. The van der Waals surface area contributed by atoms with Gasteiger partial charge in [-0.25, -0.2) is 0 Å². The number of hydrogen-bond donors (Lipinski definition) is 1. The standard InChI is InChI=1S/C20H22ClNO2/c21-17-11-9-16(10-12-17)20(15-6-2-1-3-7-15)23-14-19(24-20)18-8-4-5-13-22-18/h1-3,6-7,9-12,18-19,22H,4-5,8,13-14H2. The number of piperidine rings is 1. The van der Waals surface area contributed by atoms with Crippen molar-refractivity contribution in [2.75, 3.05) is 13.2 Å². The van der Waals surface area contributed by atoms with Crippen LogP contribution in [0.25, 0.3) is 0 Å². The van der Waals surface area contributed by atoms with E-state index in [0.29, 0.717) is 17.7 Å². The van der Waals surface area contributed by atoms with Gasteiger partial charge < -0.3 is 14.8 Å². The molecule has 2 fully saturated rings. The Bertz CT molecular complexity index is 670. The second-order valence-electron chi connectivity index (χ2n) is 6.51. The molecule has 0 radical (unpaired) electrons. The normalized spacial score (nSPS) is 30.4. The predicted molar refractivity (Wildman–Crippen MR) is 95.1 cm³/mol. The van der Waals surface area contributed by atoms with Crippen molar-refractivity contribution in [3.05, 3.63) is 70.7 Å². The quantitative estimate of drug-likeness (QED) is 0.910. The van der Waals surface area contributed by atoms with Gasteiger partial charge in [0.15, 0.2) is 0 Å². The van der Waals surface area contributed by atoms with Crippen LogP contribution in [0.3, 0.4) is 0 Å². The molecule has 126 valence electrons. The van der Waals surface area contributed by atoms with Crippen LogP contribution in [0.5, 0.6) is 0 Å². The van der Waals surface area contributed by atoms with Crippen LogP contribution < -0.4 is 5.32 Å². The Morgan fingerprint density at radius 3 is 2.42 bits per heavy atom. The molecule has 0 aromatic heterocycles. The smallest absolute Gasteiger partial charge is 0.222 e. The summed E-state index contributed by atoms with van der Waals surface area (Å²) < 4.78 is 12.9. The highest BCUT2D eigenvalue weighted by Crippen LogP contribution is 2.42. The molecule has 2 aliphatic rings. The molecule has 2 aromatic rings. The lowest BCUT2D eigenvalue weighted by molar-refractivity contribution is -0.146. The van der Waals surface area contributed by atoms with Crippen LogP contribution >= 0.6 is 11.6 Å². The summed E-state index contributed by atoms with van der Waals surface area (Å²) in [7, 11) is 0. The maximum Gasteiger partial charge on any atom is 0.222 e. The number of ether oxygens (including phenoxy) is 2. The van der Waals surface area contributed by atoms with Crippen LogP contribution in [0.4, 0.5) is 0 Å². The minimum atomic E-state index is -0.852. The van der Waals surface area contributed by atoms with E-state index in [-0.39, 0.29) is 6.10 Å². The first-order valence-corrected chi connectivity index (χ1v) is 9.02. The Morgan fingerprint density at radius 1 is 0.958 bits per heavy atom. The van der Waals surface area contributed by atoms with E-state index < -0.39 is 5.79 Å². The van der Waals surface area contributed by atoms with Crippen LogP contribution in [0.1, 0.15) is 30.4 Å². The van der Waals surface area contributed by atoms with Gasteiger partial charge in [-0.3, -0.25) is 0 Å². The third-order valence-electron chi connectivity index (χ3n) is 4.94. The topological polar surface area (TPSA) is 30.5 Å². The molecule has 24 heavy (non-hydrogen) atoms. The summed E-state index contributed by atoms with van der Waals surface area (Å²) in [5.41, 5.74) is 2.00. The van der Waals surface area contributed by atoms with E-state index in [0.717, 1.165) is 24.1 Å². The van der Waals surface area contributed by atoms with Crippen molar-refractivity contribution in [2.45, 2.75) is 37.2 Å². The van der Waals surface area contributed by atoms with E-state index in [2.05, 4.69) is 17.4 Å². The summed E-state index contributed by atoms with van der Waals surface area (Å²) in [4.78, 5) is 0. The first-order chi connectivity index (χ1) is 11.8. The molecule has 2 saturated heterocycles. The molecule has 2 aliphatic heterocycles. The number of halogens is 1. The Kier molecular flexibility index (Phi) is 4.59. The highest BCUT2D eigenvalue weighted by molar-refractivity contribution is 6.30. The van der Waals surface area contributed by atoms with E-state index in [9.17, 15) is 0 Å². The van der Waals surface area contributed by atoms with Gasteiger partial charge in [-0.15, -0.1) is 0 Å². The van der Waals surface area contributed by atoms with Crippen molar-refractivity contribution in [1.29, 1.82) is 0 Å². The third-order valence-corrected chi connectivity index (χ3v) is 5.20. The van der Waals surface area contributed by atoms with Crippen LogP contribution in [0.15, 0.2) is 54.6 Å². The summed E-state index contributed by atoms with van der Waals surface area (Å²) in [6.07, 6.45) is 3.68. The summed E-state index contributed by atoms with van der Waals surface area (Å²) in [5.74, 6) is -0.852. The fourth-order valence-electron chi connectivity index (χ4n) is 3.67. The van der Waals surface area contributed by atoms with Gasteiger partial charge in [0.2, 0.25) is 5.79 Å². The molecule has 0 bridgehead atoms. The van der Waals surface area contributed by atoms with Crippen LogP contribution in [0, 0.1) is 0 Å². The van der Waals surface area contributed by atoms with Gasteiger partial charge in [-0.2, -0.15) is 0 Å². The number of rotatable bonds is 3. The minimum Gasteiger partial charge on any atom is -0.339 e. The molecule has 0 amide bonds. The molecular weight excluding hydrogens is 322 g/mol. The maximum absolute atomic E-state index is 6.57. The van der Waals surface area contributed by atoms with Crippen molar-refractivity contribution < 1.29 is 9.47 Å². The van der Waals surface area contributed by atoms with Gasteiger partial charge in [0, 0.05) is 22.2 Å². The lowest BCUT2D eigenvalue weighted by Crippen LogP contribution is -2.45. The fourth-order valence-corrected chi connectivity index (χ4v) is 3.80. The Hall–Kier alpha value is -1.39. The van der Waals surface area contributed by atoms with Gasteiger partial charge in [0.25, 0.3) is 0 Å². The zero-order valence-electron chi connectivity index (χ0n) is 13.6. The van der Waals surface area contributed by atoms with E-state index in [1.54, 1.807) is 0 Å². The average molecular weight is 344 g/mol. The van der Waals surface area contributed by atoms with Gasteiger partial charge in [-0.1, -0.05) is 60.5 Å². The lowest BCUT2D eigenvalue weighted by Gasteiger charge is -2.32. The van der Waals surface area contributed by atoms with Gasteiger partial charge in [-0.05, 0) is 31.5 Å². The van der Waals surface area contributed by atoms with Crippen molar-refractivity contribution in [3.63, 3.8) is 0 Å². The zero-order chi connectivity index (χ0) is 16.4. The van der Waals surface area contributed by atoms with E-state index in [4.69, 9.17) is 21.1 Å². The number of benzene rings is 2. The zero-order valence-corrected chi connectivity index (χ0v) is 14.3. The van der Waals surface area contributed by atoms with Crippen molar-refractivity contribution in [2.24, 2.45) is 0 Å². The molecule has 2 heterocycles. The summed E-state index contributed by atoms with van der Waals surface area (Å²) in [5, 5.41) is 4.30. The largest absolute Gasteiger partial charge is 0.339 e. The molecule has 0 saturated carbocycles. The number of nitrogens with one attached hydrogen (secondary N) is 1. The predicted octanol–water partition coefficient (Wildman–Crippen LogP) is 4.10. The lowest BCUT2D eigenvalue weighted by atomic mass is 9.97. The van der Waals surface area contributed by atoms with Crippen molar-refractivity contribution >= 4 is 11.6 Å². The molecule has 4 heteroatoms. The van der Waals surface area contributed by atoms with E-state index in [1.807, 2.05) is 42.5 Å². The Labute approximate surface area is 147 Å². The Morgan fingerprint density at radius 2 is 1.71 bits per heavy atom. The highest BCUT2D eigenvalue weighted by Gasteiger charge is 2.47. The monoisotopic (exact) mass is 343 g/mol. The molecule has 3 unspecified atom stereocenters. The van der Waals surface area contributed by atoms with Gasteiger partial charge in [0.05, 0.1) is 6.61 Å². The van der Waals surface area contributed by atoms with Crippen LogP contribution in [-0.2, 0) is 15.3 Å². The maximum atomic E-state index is 6.57. The van der Waals surface area contributed by atoms with Crippen LogP contribution in [0.2, 0.25) is 5.02 Å². The molecule has 0 spiro atoms. The summed E-state index contributed by atoms with van der Waals surface area (Å²) >= 11 is 6.07. The van der Waals surface area contributed by atoms with Crippen molar-refractivity contribution in [1.82, 2.24) is 5.32 Å². The molecule has 1 N–H and O–H groups in total. The van der Waals surface area contributed by atoms with Gasteiger partial charge >= 0.3 is 0 Å². The van der Waals surface area contributed by atoms with Crippen molar-refractivity contribution in [3.8, 4) is 0 Å². The molecule has 0 aliphatic carbocycles. The second kappa shape index (κ2) is 6.85. The second-order valence-corrected chi connectivity index (χ2v) is 6.95. The van der Waals surface area contributed by atoms with E-state index >= 15 is 0 Å². The SMILES string of the molecule is Clc1ccc(C2(c3ccccc3)OCC(C3CCCCN3)O2)cc1. The molecule has 3 nitrogen and oxygen atoms in total. The summed E-state index contributed by atoms with van der Waals surface area (Å²) in [6.45, 7) is 1.65.